The van der Waals surface area contributed by atoms with Gasteiger partial charge in [-0.15, -0.1) is 11.3 Å². The number of benzene rings is 2. The van der Waals surface area contributed by atoms with Gasteiger partial charge >= 0.3 is 0 Å². The van der Waals surface area contributed by atoms with Crippen molar-refractivity contribution in [3.63, 3.8) is 0 Å². The highest BCUT2D eigenvalue weighted by atomic mass is 32.1. The minimum atomic E-state index is -2.96. The first-order chi connectivity index (χ1) is 16.1. The van der Waals surface area contributed by atoms with E-state index in [9.17, 15) is 13.6 Å². The van der Waals surface area contributed by atoms with Gasteiger partial charge in [0.15, 0.2) is 5.96 Å². The molecule has 0 spiro atoms. The summed E-state index contributed by atoms with van der Waals surface area (Å²) in [6.07, 6.45) is 1.82. The Morgan fingerprint density at radius 3 is 2.59 bits per heavy atom. The fraction of sp³-hybridized carbons (Fsp3) is 0.333. The number of thiophene rings is 1. The fourth-order valence-corrected chi connectivity index (χ4v) is 5.19. The Bertz CT molecular complexity index is 1330. The van der Waals surface area contributed by atoms with Crippen LogP contribution >= 0.6 is 11.3 Å². The molecule has 0 aliphatic carbocycles. The van der Waals surface area contributed by atoms with Crippen LogP contribution in [-0.4, -0.2) is 23.8 Å². The van der Waals surface area contributed by atoms with Crippen LogP contribution in [0.25, 0.3) is 10.1 Å². The number of guanidine groups is 1. The molecule has 1 amide bonds. The SMILES string of the molecule is CCCC#Cc1csc2ccc([C@@]3(C)N=C(N)N(C)C(=O)[C@H]3c3ccc(C(C)(F)F)cc3)cc12. The van der Waals surface area contributed by atoms with E-state index in [0.29, 0.717) is 5.56 Å². The molecule has 1 aliphatic heterocycles. The number of fused-ring (bicyclic) bond motifs is 1. The summed E-state index contributed by atoms with van der Waals surface area (Å²) < 4.78 is 28.7. The third-order valence-corrected chi connectivity index (χ3v) is 7.30. The molecule has 0 saturated carbocycles. The fourth-order valence-electron chi connectivity index (χ4n) is 4.31. The molecule has 0 unspecified atom stereocenters. The summed E-state index contributed by atoms with van der Waals surface area (Å²) in [6.45, 7) is 4.81. The summed E-state index contributed by atoms with van der Waals surface area (Å²) >= 11 is 1.62. The number of aliphatic imine (C=N–C) groups is 1. The van der Waals surface area contributed by atoms with E-state index in [2.05, 4.69) is 18.8 Å². The average molecular weight is 480 g/mol. The number of rotatable bonds is 4. The number of alkyl halides is 2. The zero-order valence-corrected chi connectivity index (χ0v) is 20.5. The lowest BCUT2D eigenvalue weighted by Crippen LogP contribution is -2.52. The molecule has 7 heteroatoms. The lowest BCUT2D eigenvalue weighted by Gasteiger charge is -2.41. The topological polar surface area (TPSA) is 58.7 Å². The van der Waals surface area contributed by atoms with Crippen molar-refractivity contribution in [2.45, 2.75) is 51.0 Å². The molecule has 1 aliphatic rings. The number of hydrogen-bond donors (Lipinski definition) is 1. The second-order valence-electron chi connectivity index (χ2n) is 8.87. The van der Waals surface area contributed by atoms with E-state index >= 15 is 0 Å². The monoisotopic (exact) mass is 479 g/mol. The Balaban J connectivity index is 1.86. The van der Waals surface area contributed by atoms with E-state index in [-0.39, 0.29) is 17.4 Å². The van der Waals surface area contributed by atoms with Gasteiger partial charge in [0, 0.05) is 47.0 Å². The van der Waals surface area contributed by atoms with Gasteiger partial charge in [0.05, 0.1) is 5.92 Å². The Morgan fingerprint density at radius 1 is 1.24 bits per heavy atom. The van der Waals surface area contributed by atoms with E-state index in [4.69, 9.17) is 10.7 Å². The molecule has 2 aromatic carbocycles. The third-order valence-electron chi connectivity index (χ3n) is 6.34. The van der Waals surface area contributed by atoms with Crippen LogP contribution < -0.4 is 5.73 Å². The predicted molar refractivity (Wildman–Crippen MR) is 134 cm³/mol. The number of nitrogens with zero attached hydrogens (tertiary/aromatic N) is 2. The van der Waals surface area contributed by atoms with Gasteiger partial charge in [-0.1, -0.05) is 49.1 Å². The van der Waals surface area contributed by atoms with Crippen molar-refractivity contribution in [2.75, 3.05) is 7.05 Å². The van der Waals surface area contributed by atoms with Crippen LogP contribution in [0.3, 0.4) is 0 Å². The lowest BCUT2D eigenvalue weighted by atomic mass is 9.74. The van der Waals surface area contributed by atoms with Gasteiger partial charge in [-0.25, -0.2) is 13.8 Å². The quantitative estimate of drug-likeness (QED) is 0.470. The van der Waals surface area contributed by atoms with Crippen molar-refractivity contribution in [1.82, 2.24) is 4.90 Å². The van der Waals surface area contributed by atoms with Crippen LogP contribution in [0.5, 0.6) is 0 Å². The summed E-state index contributed by atoms with van der Waals surface area (Å²) in [5, 5.41) is 3.05. The number of hydrogen-bond acceptors (Lipinski definition) is 4. The molecule has 0 fully saturated rings. The predicted octanol–water partition coefficient (Wildman–Crippen LogP) is 5.95. The maximum atomic E-state index is 13.8. The van der Waals surface area contributed by atoms with E-state index in [1.54, 1.807) is 30.5 Å². The summed E-state index contributed by atoms with van der Waals surface area (Å²) in [4.78, 5) is 19.5. The highest BCUT2D eigenvalue weighted by molar-refractivity contribution is 7.17. The molecule has 0 saturated heterocycles. The lowest BCUT2D eigenvalue weighted by molar-refractivity contribution is -0.130. The summed E-state index contributed by atoms with van der Waals surface area (Å²) in [7, 11) is 1.58. The molecule has 4 rings (SSSR count). The second kappa shape index (κ2) is 8.84. The van der Waals surface area contributed by atoms with Crippen molar-refractivity contribution in [3.8, 4) is 11.8 Å². The zero-order chi connectivity index (χ0) is 24.7. The van der Waals surface area contributed by atoms with Crippen LogP contribution in [0.4, 0.5) is 8.78 Å². The van der Waals surface area contributed by atoms with Gasteiger partial charge in [0.2, 0.25) is 5.91 Å². The van der Waals surface area contributed by atoms with Crippen LogP contribution in [0, 0.1) is 11.8 Å². The molecular formula is C27H27F2N3OS. The van der Waals surface area contributed by atoms with Crippen molar-refractivity contribution >= 4 is 33.3 Å². The van der Waals surface area contributed by atoms with Crippen molar-refractivity contribution in [3.05, 3.63) is 70.1 Å². The first-order valence-corrected chi connectivity index (χ1v) is 12.1. The van der Waals surface area contributed by atoms with E-state index in [1.165, 1.54) is 17.0 Å². The highest BCUT2D eigenvalue weighted by Gasteiger charge is 2.47. The number of unbranched alkanes of at least 4 members (excludes halogenated alkanes) is 1. The Hall–Kier alpha value is -3.24. The van der Waals surface area contributed by atoms with Crippen LogP contribution in [-0.2, 0) is 16.3 Å². The van der Waals surface area contributed by atoms with Gasteiger partial charge in [-0.05, 0) is 36.6 Å². The normalized spacial score (nSPS) is 20.8. The molecule has 0 radical (unpaired) electrons. The molecule has 2 heterocycles. The molecule has 1 aromatic heterocycles. The number of carbonyl (C=O) groups is 1. The molecule has 176 valence electrons. The number of amides is 1. The molecule has 4 nitrogen and oxygen atoms in total. The van der Waals surface area contributed by atoms with E-state index < -0.39 is 17.4 Å². The molecule has 34 heavy (non-hydrogen) atoms. The standard InChI is InChI=1S/C27H27F2N3OS/c1-5-6-7-8-18-16-34-22-14-13-20(15-21(18)22)26(2)23(24(33)32(4)25(30)31-26)17-9-11-19(12-10-17)27(3,28)29/h9-16,23H,5-6H2,1-4H3,(H2,30,31)/t23-,26-/m1/s1. The van der Waals surface area contributed by atoms with Gasteiger partial charge in [-0.2, -0.15) is 0 Å². The summed E-state index contributed by atoms with van der Waals surface area (Å²) in [5.74, 6) is 2.64. The Morgan fingerprint density at radius 2 is 1.94 bits per heavy atom. The Labute approximate surface area is 202 Å². The minimum absolute atomic E-state index is 0.104. The minimum Gasteiger partial charge on any atom is -0.369 e. The van der Waals surface area contributed by atoms with Crippen molar-refractivity contribution in [1.29, 1.82) is 0 Å². The summed E-state index contributed by atoms with van der Waals surface area (Å²) in [6, 6.07) is 11.9. The van der Waals surface area contributed by atoms with Gasteiger partial charge in [0.1, 0.15) is 5.54 Å². The number of likely N-dealkylation sites (N-methyl/N-ethyl adjacent to an activating group) is 1. The van der Waals surface area contributed by atoms with Crippen molar-refractivity contribution < 1.29 is 13.6 Å². The molecular weight excluding hydrogens is 452 g/mol. The molecule has 2 N–H and O–H groups in total. The van der Waals surface area contributed by atoms with Crippen LogP contribution in [0.15, 0.2) is 52.8 Å². The first kappa shape index (κ1) is 23.9. The van der Waals surface area contributed by atoms with E-state index in [1.807, 2.05) is 30.5 Å². The molecule has 2 atom stereocenters. The van der Waals surface area contributed by atoms with Crippen molar-refractivity contribution in [2.24, 2.45) is 10.7 Å². The zero-order valence-electron chi connectivity index (χ0n) is 19.7. The smallest absolute Gasteiger partial charge is 0.270 e. The number of nitrogens with two attached hydrogens (primary N) is 1. The molecule has 0 bridgehead atoms. The van der Waals surface area contributed by atoms with Crippen LogP contribution in [0.2, 0.25) is 0 Å². The third kappa shape index (κ3) is 4.19. The second-order valence-corrected chi connectivity index (χ2v) is 9.78. The Kier molecular flexibility index (Phi) is 6.22. The highest BCUT2D eigenvalue weighted by Crippen LogP contribution is 2.45. The summed E-state index contributed by atoms with van der Waals surface area (Å²) in [5.41, 5.74) is 7.39. The largest absolute Gasteiger partial charge is 0.369 e. The van der Waals surface area contributed by atoms with E-state index in [0.717, 1.165) is 41.0 Å². The van der Waals surface area contributed by atoms with Gasteiger partial charge < -0.3 is 5.73 Å². The molecule has 3 aromatic rings. The average Bonchev–Trinajstić information content (AvgIpc) is 3.20. The first-order valence-electron chi connectivity index (χ1n) is 11.2. The maximum Gasteiger partial charge on any atom is 0.270 e. The van der Waals surface area contributed by atoms with Gasteiger partial charge in [-0.3, -0.25) is 9.69 Å². The maximum absolute atomic E-state index is 13.8. The van der Waals surface area contributed by atoms with Gasteiger partial charge in [0.25, 0.3) is 5.92 Å². The number of carbonyl (C=O) groups excluding carboxylic acids is 1. The number of halogens is 2. The van der Waals surface area contributed by atoms with Crippen LogP contribution in [0.1, 0.15) is 61.8 Å².